The summed E-state index contributed by atoms with van der Waals surface area (Å²) in [6, 6.07) is 7.17. The highest BCUT2D eigenvalue weighted by Gasteiger charge is 2.21. The maximum atomic E-state index is 5.86. The van der Waals surface area contributed by atoms with Gasteiger partial charge in [0.15, 0.2) is 0 Å². The molecule has 2 nitrogen and oxygen atoms in total. The van der Waals surface area contributed by atoms with Gasteiger partial charge in [-0.2, -0.15) is 0 Å². The van der Waals surface area contributed by atoms with E-state index in [-0.39, 0.29) is 0 Å². The first-order chi connectivity index (χ1) is 8.11. The molecule has 0 saturated carbocycles. The average Bonchev–Trinajstić information content (AvgIpc) is 2.32. The summed E-state index contributed by atoms with van der Waals surface area (Å²) in [4.78, 5) is 4.90. The van der Waals surface area contributed by atoms with Crippen LogP contribution in [0.15, 0.2) is 18.2 Å². The Kier molecular flexibility index (Phi) is 3.95. The molecule has 2 rings (SSSR count). The lowest BCUT2D eigenvalue weighted by atomic mass is 10.1. The van der Waals surface area contributed by atoms with Gasteiger partial charge in [0.2, 0.25) is 0 Å². The molecule has 0 radical (unpaired) electrons. The van der Waals surface area contributed by atoms with E-state index >= 15 is 0 Å². The van der Waals surface area contributed by atoms with Crippen molar-refractivity contribution in [2.75, 3.05) is 31.6 Å². The van der Waals surface area contributed by atoms with E-state index in [4.69, 9.17) is 11.6 Å². The first kappa shape index (κ1) is 12.7. The monoisotopic (exact) mass is 252 g/mol. The van der Waals surface area contributed by atoms with Crippen molar-refractivity contribution in [1.82, 2.24) is 4.90 Å². The number of nitrogens with zero attached hydrogens (tertiary/aromatic N) is 2. The van der Waals surface area contributed by atoms with Crippen LogP contribution in [-0.2, 0) is 5.88 Å². The molecule has 3 heteroatoms. The molecular formula is C14H21ClN2. The molecule has 1 aromatic rings. The second-order valence-electron chi connectivity index (χ2n) is 5.03. The van der Waals surface area contributed by atoms with Crippen molar-refractivity contribution < 1.29 is 0 Å². The quantitative estimate of drug-likeness (QED) is 0.747. The Balaban J connectivity index is 2.17. The van der Waals surface area contributed by atoms with Crippen molar-refractivity contribution in [3.63, 3.8) is 0 Å². The van der Waals surface area contributed by atoms with Crippen molar-refractivity contribution in [3.8, 4) is 0 Å². The van der Waals surface area contributed by atoms with Crippen molar-refractivity contribution in [3.05, 3.63) is 29.3 Å². The summed E-state index contributed by atoms with van der Waals surface area (Å²) in [5, 5.41) is 0. The number of alkyl halides is 1. The molecular weight excluding hydrogens is 232 g/mol. The lowest BCUT2D eigenvalue weighted by Gasteiger charge is -2.39. The van der Waals surface area contributed by atoms with Gasteiger partial charge in [-0.1, -0.05) is 12.1 Å². The zero-order valence-corrected chi connectivity index (χ0v) is 11.7. The predicted molar refractivity (Wildman–Crippen MR) is 75.0 cm³/mol. The highest BCUT2D eigenvalue weighted by molar-refractivity contribution is 6.17. The molecule has 1 heterocycles. The van der Waals surface area contributed by atoms with Gasteiger partial charge in [-0.15, -0.1) is 11.6 Å². The largest absolute Gasteiger partial charge is 0.368 e. The van der Waals surface area contributed by atoms with Crippen LogP contribution in [-0.4, -0.2) is 37.6 Å². The second kappa shape index (κ2) is 5.28. The van der Waals surface area contributed by atoms with E-state index in [1.165, 1.54) is 16.8 Å². The van der Waals surface area contributed by atoms with Crippen LogP contribution in [0.1, 0.15) is 18.1 Å². The summed E-state index contributed by atoms with van der Waals surface area (Å²) >= 11 is 5.86. The lowest BCUT2D eigenvalue weighted by molar-refractivity contribution is 0.234. The number of likely N-dealkylation sites (N-methyl/N-ethyl adjacent to an activating group) is 1. The molecule has 0 amide bonds. The molecule has 0 spiro atoms. The minimum atomic E-state index is 0.597. The highest BCUT2D eigenvalue weighted by Crippen LogP contribution is 2.24. The SMILES string of the molecule is Cc1cc(CCl)ccc1N1CCN(C)C(C)C1. The van der Waals surface area contributed by atoms with Crippen LogP contribution in [0.4, 0.5) is 5.69 Å². The molecule has 0 aromatic heterocycles. The van der Waals surface area contributed by atoms with Crippen LogP contribution in [0.3, 0.4) is 0 Å². The summed E-state index contributed by atoms with van der Waals surface area (Å²) in [6.45, 7) is 7.82. The Labute approximate surface area is 109 Å². The fourth-order valence-corrected chi connectivity index (χ4v) is 2.59. The third-order valence-corrected chi connectivity index (χ3v) is 4.02. The van der Waals surface area contributed by atoms with E-state index in [2.05, 4.69) is 48.9 Å². The number of rotatable bonds is 2. The summed E-state index contributed by atoms with van der Waals surface area (Å²) in [6.07, 6.45) is 0. The number of benzene rings is 1. The topological polar surface area (TPSA) is 6.48 Å². The standard InChI is InChI=1S/C14H21ClN2/c1-11-8-13(9-15)4-5-14(11)17-7-6-16(3)12(2)10-17/h4-5,8,12H,6-7,9-10H2,1-3H3. The Morgan fingerprint density at radius 3 is 2.71 bits per heavy atom. The maximum absolute atomic E-state index is 5.86. The molecule has 1 atom stereocenters. The minimum Gasteiger partial charge on any atom is -0.368 e. The van der Waals surface area contributed by atoms with Gasteiger partial charge in [0.1, 0.15) is 0 Å². The molecule has 1 unspecified atom stereocenters. The summed E-state index contributed by atoms with van der Waals surface area (Å²) in [7, 11) is 2.20. The molecule has 1 aliphatic rings. The molecule has 1 saturated heterocycles. The average molecular weight is 253 g/mol. The van der Waals surface area contributed by atoms with E-state index in [9.17, 15) is 0 Å². The second-order valence-corrected chi connectivity index (χ2v) is 5.30. The Morgan fingerprint density at radius 2 is 2.12 bits per heavy atom. The first-order valence-corrected chi connectivity index (χ1v) is 6.76. The van der Waals surface area contributed by atoms with Crippen LogP contribution in [0.5, 0.6) is 0 Å². The fraction of sp³-hybridized carbons (Fsp3) is 0.571. The maximum Gasteiger partial charge on any atom is 0.0474 e. The van der Waals surface area contributed by atoms with Crippen LogP contribution in [0, 0.1) is 6.92 Å². The zero-order chi connectivity index (χ0) is 12.4. The summed E-state index contributed by atoms with van der Waals surface area (Å²) in [5.41, 5.74) is 3.90. The zero-order valence-electron chi connectivity index (χ0n) is 10.9. The van der Waals surface area contributed by atoms with Crippen LogP contribution in [0.2, 0.25) is 0 Å². The van der Waals surface area contributed by atoms with Crippen LogP contribution >= 0.6 is 11.6 Å². The Morgan fingerprint density at radius 1 is 1.35 bits per heavy atom. The molecule has 94 valence electrons. The van der Waals surface area contributed by atoms with E-state index < -0.39 is 0 Å². The fourth-order valence-electron chi connectivity index (χ4n) is 2.42. The van der Waals surface area contributed by atoms with Crippen molar-refractivity contribution in [2.45, 2.75) is 25.8 Å². The third-order valence-electron chi connectivity index (χ3n) is 3.72. The first-order valence-electron chi connectivity index (χ1n) is 6.22. The Hall–Kier alpha value is -0.730. The number of piperazine rings is 1. The van der Waals surface area contributed by atoms with E-state index in [0.29, 0.717) is 11.9 Å². The molecule has 0 aliphatic carbocycles. The number of hydrogen-bond donors (Lipinski definition) is 0. The molecule has 1 aromatic carbocycles. The van der Waals surface area contributed by atoms with Gasteiger partial charge in [-0.25, -0.2) is 0 Å². The lowest BCUT2D eigenvalue weighted by Crippen LogP contribution is -2.50. The molecule has 17 heavy (non-hydrogen) atoms. The number of hydrogen-bond acceptors (Lipinski definition) is 2. The number of anilines is 1. The molecule has 0 N–H and O–H groups in total. The number of aryl methyl sites for hydroxylation is 1. The molecule has 1 fully saturated rings. The van der Waals surface area contributed by atoms with Gasteiger partial charge in [0, 0.05) is 37.2 Å². The van der Waals surface area contributed by atoms with Crippen LogP contribution in [0.25, 0.3) is 0 Å². The smallest absolute Gasteiger partial charge is 0.0474 e. The normalized spacial score (nSPS) is 21.9. The highest BCUT2D eigenvalue weighted by atomic mass is 35.5. The number of halogens is 1. The van der Waals surface area contributed by atoms with Gasteiger partial charge in [-0.3, -0.25) is 0 Å². The van der Waals surface area contributed by atoms with Gasteiger partial charge < -0.3 is 9.80 Å². The van der Waals surface area contributed by atoms with Crippen molar-refractivity contribution in [2.24, 2.45) is 0 Å². The summed E-state index contributed by atoms with van der Waals surface area (Å²) in [5.74, 6) is 0.597. The van der Waals surface area contributed by atoms with E-state index in [1.54, 1.807) is 0 Å². The van der Waals surface area contributed by atoms with E-state index in [0.717, 1.165) is 19.6 Å². The predicted octanol–water partition coefficient (Wildman–Crippen LogP) is 2.87. The minimum absolute atomic E-state index is 0.597. The van der Waals surface area contributed by atoms with Gasteiger partial charge >= 0.3 is 0 Å². The van der Waals surface area contributed by atoms with Gasteiger partial charge in [0.25, 0.3) is 0 Å². The van der Waals surface area contributed by atoms with Gasteiger partial charge in [0.05, 0.1) is 0 Å². The molecule has 1 aliphatic heterocycles. The van der Waals surface area contributed by atoms with Crippen LogP contribution < -0.4 is 4.90 Å². The van der Waals surface area contributed by atoms with Crippen molar-refractivity contribution >= 4 is 17.3 Å². The van der Waals surface area contributed by atoms with Gasteiger partial charge in [-0.05, 0) is 38.1 Å². The molecule has 0 bridgehead atoms. The Bertz CT molecular complexity index is 392. The van der Waals surface area contributed by atoms with Crippen molar-refractivity contribution in [1.29, 1.82) is 0 Å². The summed E-state index contributed by atoms with van der Waals surface area (Å²) < 4.78 is 0. The van der Waals surface area contributed by atoms with E-state index in [1.807, 2.05) is 0 Å². The third kappa shape index (κ3) is 2.75.